The molecule has 3 aromatic heterocycles. The standard InChI is InChI=1S/C23H24N6O3S2/c1-6-16-27-28-23(33-16)26-19(30)14(5)29-10-24-21-17(22(29)32)13(4)18(34-21)20(31)25-15-8-7-11(2)9-12(15)3/h7-10,14H,6H2,1-5H3,(H,25,31)(H,26,28,30). The molecule has 0 spiro atoms. The van der Waals surface area contributed by atoms with E-state index in [2.05, 4.69) is 25.8 Å². The number of thiophene rings is 1. The average Bonchev–Trinajstić information content (AvgIpc) is 3.39. The Morgan fingerprint density at radius 1 is 1.12 bits per heavy atom. The van der Waals surface area contributed by atoms with Crippen molar-refractivity contribution in [1.29, 1.82) is 0 Å². The first-order valence-corrected chi connectivity index (χ1v) is 12.3. The van der Waals surface area contributed by atoms with E-state index in [1.165, 1.54) is 22.2 Å². The number of fused-ring (bicyclic) bond motifs is 1. The maximum absolute atomic E-state index is 13.3. The lowest BCUT2D eigenvalue weighted by molar-refractivity contribution is -0.118. The highest BCUT2D eigenvalue weighted by Crippen LogP contribution is 2.29. The van der Waals surface area contributed by atoms with Gasteiger partial charge in [-0.1, -0.05) is 36.0 Å². The lowest BCUT2D eigenvalue weighted by Gasteiger charge is -2.13. The van der Waals surface area contributed by atoms with Gasteiger partial charge < -0.3 is 5.32 Å². The predicted molar refractivity (Wildman–Crippen MR) is 135 cm³/mol. The maximum Gasteiger partial charge on any atom is 0.266 e. The van der Waals surface area contributed by atoms with E-state index in [4.69, 9.17) is 0 Å². The van der Waals surface area contributed by atoms with Crippen molar-refractivity contribution < 1.29 is 9.59 Å². The summed E-state index contributed by atoms with van der Waals surface area (Å²) in [4.78, 5) is 44.2. The second-order valence-electron chi connectivity index (χ2n) is 7.99. The van der Waals surface area contributed by atoms with E-state index in [9.17, 15) is 14.4 Å². The van der Waals surface area contributed by atoms with Gasteiger partial charge in [-0.05, 0) is 51.3 Å². The monoisotopic (exact) mass is 496 g/mol. The van der Waals surface area contributed by atoms with Crippen LogP contribution < -0.4 is 16.2 Å². The van der Waals surface area contributed by atoms with Crippen LogP contribution in [-0.2, 0) is 11.2 Å². The molecule has 9 nitrogen and oxygen atoms in total. The molecule has 0 aliphatic carbocycles. The Bertz CT molecular complexity index is 1470. The summed E-state index contributed by atoms with van der Waals surface area (Å²) in [6.45, 7) is 9.21. The summed E-state index contributed by atoms with van der Waals surface area (Å²) in [6, 6.07) is 4.95. The van der Waals surface area contributed by atoms with Crippen LogP contribution >= 0.6 is 22.7 Å². The molecule has 0 aliphatic heterocycles. The van der Waals surface area contributed by atoms with Gasteiger partial charge in [0.25, 0.3) is 11.5 Å². The normalized spacial score (nSPS) is 12.0. The number of carbonyl (C=O) groups is 2. The number of aryl methyl sites for hydroxylation is 4. The smallest absolute Gasteiger partial charge is 0.266 e. The van der Waals surface area contributed by atoms with E-state index in [1.807, 2.05) is 39.0 Å². The SMILES string of the molecule is CCc1nnc(NC(=O)C(C)n2cnc3sc(C(=O)Nc4ccc(C)cc4C)c(C)c3c2=O)s1. The fraction of sp³-hybridized carbons (Fsp3) is 0.304. The molecule has 11 heteroatoms. The van der Waals surface area contributed by atoms with Crippen LogP contribution in [0.2, 0.25) is 0 Å². The summed E-state index contributed by atoms with van der Waals surface area (Å²) in [5.41, 5.74) is 2.94. The predicted octanol–water partition coefficient (Wildman–Crippen LogP) is 4.25. The van der Waals surface area contributed by atoms with Crippen molar-refractivity contribution in [3.05, 3.63) is 61.5 Å². The maximum atomic E-state index is 13.3. The Kier molecular flexibility index (Phi) is 6.58. The van der Waals surface area contributed by atoms with Gasteiger partial charge in [-0.15, -0.1) is 21.5 Å². The lowest BCUT2D eigenvalue weighted by Crippen LogP contribution is -2.31. The van der Waals surface area contributed by atoms with E-state index in [0.717, 1.165) is 33.9 Å². The van der Waals surface area contributed by atoms with Crippen LogP contribution in [0.25, 0.3) is 10.2 Å². The fourth-order valence-corrected chi connectivity index (χ4v) is 5.26. The lowest BCUT2D eigenvalue weighted by atomic mass is 10.1. The van der Waals surface area contributed by atoms with Crippen molar-refractivity contribution in [2.45, 2.75) is 47.1 Å². The van der Waals surface area contributed by atoms with Crippen LogP contribution in [0.1, 0.15) is 51.3 Å². The number of carbonyl (C=O) groups excluding carboxylic acids is 2. The number of rotatable bonds is 6. The summed E-state index contributed by atoms with van der Waals surface area (Å²) in [7, 11) is 0. The van der Waals surface area contributed by atoms with Crippen LogP contribution in [0.5, 0.6) is 0 Å². The summed E-state index contributed by atoms with van der Waals surface area (Å²) in [5.74, 6) is -0.699. The van der Waals surface area contributed by atoms with Gasteiger partial charge in [0.1, 0.15) is 15.9 Å². The minimum absolute atomic E-state index is 0.299. The Labute approximate surface area is 203 Å². The highest BCUT2D eigenvalue weighted by Gasteiger charge is 2.24. The largest absolute Gasteiger partial charge is 0.321 e. The number of benzene rings is 1. The molecule has 2 N–H and O–H groups in total. The van der Waals surface area contributed by atoms with Gasteiger partial charge in [-0.3, -0.25) is 24.3 Å². The number of nitrogens with one attached hydrogen (secondary N) is 2. The van der Waals surface area contributed by atoms with Crippen LogP contribution in [-0.4, -0.2) is 31.6 Å². The van der Waals surface area contributed by atoms with Gasteiger partial charge in [0.15, 0.2) is 0 Å². The van der Waals surface area contributed by atoms with Gasteiger partial charge in [-0.25, -0.2) is 4.98 Å². The van der Waals surface area contributed by atoms with E-state index >= 15 is 0 Å². The van der Waals surface area contributed by atoms with Crippen molar-refractivity contribution in [3.8, 4) is 0 Å². The minimum atomic E-state index is -0.829. The molecule has 0 fully saturated rings. The molecule has 4 aromatic rings. The highest BCUT2D eigenvalue weighted by atomic mass is 32.1. The Balaban J connectivity index is 1.62. The first kappa shape index (κ1) is 23.7. The topological polar surface area (TPSA) is 119 Å². The van der Waals surface area contributed by atoms with Crippen LogP contribution in [0.3, 0.4) is 0 Å². The van der Waals surface area contributed by atoms with Crippen molar-refractivity contribution in [2.75, 3.05) is 10.6 Å². The van der Waals surface area contributed by atoms with Crippen LogP contribution in [0.15, 0.2) is 29.3 Å². The Morgan fingerprint density at radius 2 is 1.88 bits per heavy atom. The molecule has 1 atom stereocenters. The van der Waals surface area contributed by atoms with Crippen LogP contribution in [0, 0.1) is 20.8 Å². The molecule has 4 rings (SSSR count). The second kappa shape index (κ2) is 9.43. The van der Waals surface area contributed by atoms with Crippen molar-refractivity contribution in [3.63, 3.8) is 0 Å². The van der Waals surface area contributed by atoms with E-state index in [0.29, 0.717) is 31.5 Å². The molecular formula is C23H24N6O3S2. The molecule has 1 unspecified atom stereocenters. The molecule has 0 aliphatic rings. The molecule has 2 amide bonds. The Morgan fingerprint density at radius 3 is 2.56 bits per heavy atom. The third kappa shape index (κ3) is 4.48. The molecular weight excluding hydrogens is 472 g/mol. The quantitative estimate of drug-likeness (QED) is 0.412. The zero-order valence-corrected chi connectivity index (χ0v) is 21.1. The summed E-state index contributed by atoms with van der Waals surface area (Å²) in [6.07, 6.45) is 2.06. The number of amides is 2. The van der Waals surface area contributed by atoms with Gasteiger partial charge in [0, 0.05) is 5.69 Å². The van der Waals surface area contributed by atoms with Gasteiger partial charge in [0.2, 0.25) is 11.0 Å². The van der Waals surface area contributed by atoms with Crippen molar-refractivity contribution in [1.82, 2.24) is 19.7 Å². The van der Waals surface area contributed by atoms with Gasteiger partial charge in [0.05, 0.1) is 16.6 Å². The first-order chi connectivity index (χ1) is 16.2. The molecule has 0 bridgehead atoms. The number of anilines is 2. The zero-order chi connectivity index (χ0) is 24.6. The molecule has 3 heterocycles. The highest BCUT2D eigenvalue weighted by molar-refractivity contribution is 7.20. The minimum Gasteiger partial charge on any atom is -0.321 e. The third-order valence-corrected chi connectivity index (χ3v) is 7.69. The summed E-state index contributed by atoms with van der Waals surface area (Å²) < 4.78 is 1.27. The third-order valence-electron chi connectivity index (χ3n) is 5.51. The molecule has 1 aromatic carbocycles. The first-order valence-electron chi connectivity index (χ1n) is 10.7. The summed E-state index contributed by atoms with van der Waals surface area (Å²) >= 11 is 2.45. The van der Waals surface area contributed by atoms with E-state index in [-0.39, 0.29) is 11.5 Å². The molecule has 0 saturated carbocycles. The number of aromatic nitrogens is 4. The van der Waals surface area contributed by atoms with E-state index < -0.39 is 11.9 Å². The van der Waals surface area contributed by atoms with E-state index in [1.54, 1.807) is 13.8 Å². The second-order valence-corrected chi connectivity index (χ2v) is 10.0. The molecule has 34 heavy (non-hydrogen) atoms. The molecule has 0 radical (unpaired) electrons. The average molecular weight is 497 g/mol. The van der Waals surface area contributed by atoms with Gasteiger partial charge >= 0.3 is 0 Å². The molecule has 176 valence electrons. The number of hydrogen-bond acceptors (Lipinski definition) is 8. The van der Waals surface area contributed by atoms with Crippen molar-refractivity contribution in [2.24, 2.45) is 0 Å². The van der Waals surface area contributed by atoms with Crippen LogP contribution in [0.4, 0.5) is 10.8 Å². The number of nitrogens with zero attached hydrogens (tertiary/aromatic N) is 4. The summed E-state index contributed by atoms with van der Waals surface area (Å²) in [5, 5.41) is 15.1. The Hall–Kier alpha value is -3.44. The zero-order valence-electron chi connectivity index (χ0n) is 19.4. The number of hydrogen-bond donors (Lipinski definition) is 2. The molecule has 0 saturated heterocycles. The fourth-order valence-electron chi connectivity index (χ4n) is 3.55. The van der Waals surface area contributed by atoms with Crippen molar-refractivity contribution >= 4 is 55.5 Å². The van der Waals surface area contributed by atoms with Gasteiger partial charge in [-0.2, -0.15) is 0 Å².